The third kappa shape index (κ3) is 4.97. The summed E-state index contributed by atoms with van der Waals surface area (Å²) in [5.74, 6) is -0.297. The molecule has 0 bridgehead atoms. The zero-order valence-corrected chi connectivity index (χ0v) is 10.5. The number of anilines is 1. The number of hydrogen-bond acceptors (Lipinski definition) is 3. The van der Waals surface area contributed by atoms with Gasteiger partial charge in [-0.2, -0.15) is 0 Å². The number of unbranched alkanes of at least 4 members (excludes halogenated alkanes) is 1. The summed E-state index contributed by atoms with van der Waals surface area (Å²) in [6, 6.07) is 6.84. The lowest BCUT2D eigenvalue weighted by Gasteiger charge is -2.07. The van der Waals surface area contributed by atoms with Gasteiger partial charge in [0.25, 0.3) is 5.91 Å². The van der Waals surface area contributed by atoms with Gasteiger partial charge in [-0.25, -0.2) is 0 Å². The predicted octanol–water partition coefficient (Wildman–Crippen LogP) is 1.11. The highest BCUT2D eigenvalue weighted by Gasteiger charge is 2.05. The van der Waals surface area contributed by atoms with Gasteiger partial charge in [0.15, 0.2) is 0 Å². The highest BCUT2D eigenvalue weighted by Crippen LogP contribution is 2.10. The van der Waals surface area contributed by atoms with Crippen molar-refractivity contribution in [2.24, 2.45) is 5.73 Å². The number of carbonyl (C=O) groups excluding carboxylic acids is 2. The largest absolute Gasteiger partial charge is 0.352 e. The molecule has 0 saturated carbocycles. The van der Waals surface area contributed by atoms with Crippen LogP contribution in [0.4, 0.5) is 5.69 Å². The topological polar surface area (TPSA) is 84.2 Å². The van der Waals surface area contributed by atoms with E-state index in [4.69, 9.17) is 5.73 Å². The molecular weight excluding hydrogens is 230 g/mol. The fourth-order valence-electron chi connectivity index (χ4n) is 1.51. The van der Waals surface area contributed by atoms with Crippen LogP contribution in [0.1, 0.15) is 30.1 Å². The van der Waals surface area contributed by atoms with Crippen molar-refractivity contribution in [3.05, 3.63) is 29.8 Å². The summed E-state index contributed by atoms with van der Waals surface area (Å²) in [7, 11) is 0. The Kier molecular flexibility index (Phi) is 5.87. The summed E-state index contributed by atoms with van der Waals surface area (Å²) >= 11 is 0. The Morgan fingerprint density at radius 1 is 1.28 bits per heavy atom. The number of carbonyl (C=O) groups is 2. The Morgan fingerprint density at radius 2 is 2.06 bits per heavy atom. The van der Waals surface area contributed by atoms with Crippen LogP contribution < -0.4 is 16.4 Å². The zero-order valence-electron chi connectivity index (χ0n) is 10.5. The Hall–Kier alpha value is -1.88. The molecule has 2 amide bonds. The van der Waals surface area contributed by atoms with Crippen molar-refractivity contribution in [1.29, 1.82) is 0 Å². The third-order valence-electron chi connectivity index (χ3n) is 2.36. The van der Waals surface area contributed by atoms with Crippen LogP contribution in [0.15, 0.2) is 24.3 Å². The number of nitrogens with one attached hydrogen (secondary N) is 2. The van der Waals surface area contributed by atoms with Crippen LogP contribution in [0, 0.1) is 0 Å². The third-order valence-corrected chi connectivity index (χ3v) is 2.36. The second-order valence-corrected chi connectivity index (χ2v) is 4.01. The maximum atomic E-state index is 11.8. The van der Waals surface area contributed by atoms with E-state index in [1.807, 2.05) is 0 Å². The van der Waals surface area contributed by atoms with E-state index in [1.54, 1.807) is 24.3 Å². The van der Waals surface area contributed by atoms with Crippen molar-refractivity contribution in [2.75, 3.05) is 18.4 Å². The summed E-state index contributed by atoms with van der Waals surface area (Å²) in [5, 5.41) is 5.45. The Labute approximate surface area is 107 Å². The minimum absolute atomic E-state index is 0.140. The maximum absolute atomic E-state index is 11.8. The van der Waals surface area contributed by atoms with E-state index < -0.39 is 0 Å². The predicted molar refractivity (Wildman–Crippen MR) is 71.4 cm³/mol. The van der Waals surface area contributed by atoms with Gasteiger partial charge in [0.2, 0.25) is 5.91 Å². The summed E-state index contributed by atoms with van der Waals surface area (Å²) in [6.07, 6.45) is 1.76. The number of amides is 2. The molecule has 0 aliphatic heterocycles. The molecule has 0 radical (unpaired) electrons. The molecule has 98 valence electrons. The van der Waals surface area contributed by atoms with Crippen molar-refractivity contribution in [2.45, 2.75) is 19.8 Å². The molecule has 0 atom stereocenters. The van der Waals surface area contributed by atoms with Crippen LogP contribution in [0.2, 0.25) is 0 Å². The first-order valence-corrected chi connectivity index (χ1v) is 5.99. The van der Waals surface area contributed by atoms with Crippen LogP contribution in [-0.2, 0) is 4.79 Å². The molecule has 1 aromatic carbocycles. The van der Waals surface area contributed by atoms with Crippen LogP contribution in [0.5, 0.6) is 0 Å². The Bertz CT molecular complexity index is 418. The van der Waals surface area contributed by atoms with Gasteiger partial charge in [-0.1, -0.05) is 6.07 Å². The van der Waals surface area contributed by atoms with E-state index in [1.165, 1.54) is 6.92 Å². The quantitative estimate of drug-likeness (QED) is 0.660. The molecule has 0 aliphatic rings. The average Bonchev–Trinajstić information content (AvgIpc) is 2.34. The van der Waals surface area contributed by atoms with Gasteiger partial charge < -0.3 is 16.4 Å². The summed E-state index contributed by atoms with van der Waals surface area (Å²) in [5.41, 5.74) is 6.53. The second-order valence-electron chi connectivity index (χ2n) is 4.01. The van der Waals surface area contributed by atoms with E-state index in [9.17, 15) is 9.59 Å². The van der Waals surface area contributed by atoms with Gasteiger partial charge in [-0.05, 0) is 37.6 Å². The molecule has 1 aromatic rings. The number of nitrogens with two attached hydrogens (primary N) is 1. The second kappa shape index (κ2) is 7.45. The zero-order chi connectivity index (χ0) is 13.4. The van der Waals surface area contributed by atoms with Crippen LogP contribution in [0.3, 0.4) is 0 Å². The number of benzene rings is 1. The van der Waals surface area contributed by atoms with Crippen LogP contribution >= 0.6 is 0 Å². The summed E-state index contributed by atoms with van der Waals surface area (Å²) < 4.78 is 0. The SMILES string of the molecule is CC(=O)Nc1cccc(C(=O)NCCCCN)c1. The molecule has 0 aliphatic carbocycles. The van der Waals surface area contributed by atoms with E-state index in [0.29, 0.717) is 24.3 Å². The summed E-state index contributed by atoms with van der Waals surface area (Å²) in [6.45, 7) is 2.67. The van der Waals surface area contributed by atoms with Crippen molar-refractivity contribution in [1.82, 2.24) is 5.32 Å². The van der Waals surface area contributed by atoms with Crippen molar-refractivity contribution in [3.8, 4) is 0 Å². The van der Waals surface area contributed by atoms with Gasteiger partial charge in [-0.3, -0.25) is 9.59 Å². The maximum Gasteiger partial charge on any atom is 0.251 e. The number of rotatable bonds is 6. The minimum Gasteiger partial charge on any atom is -0.352 e. The Morgan fingerprint density at radius 3 is 2.72 bits per heavy atom. The lowest BCUT2D eigenvalue weighted by molar-refractivity contribution is -0.114. The molecule has 0 saturated heterocycles. The van der Waals surface area contributed by atoms with E-state index >= 15 is 0 Å². The molecule has 18 heavy (non-hydrogen) atoms. The average molecular weight is 249 g/mol. The van der Waals surface area contributed by atoms with Gasteiger partial charge >= 0.3 is 0 Å². The molecule has 5 heteroatoms. The molecule has 0 fully saturated rings. The fraction of sp³-hybridized carbons (Fsp3) is 0.385. The van der Waals surface area contributed by atoms with Crippen molar-refractivity contribution < 1.29 is 9.59 Å². The van der Waals surface area contributed by atoms with E-state index in [2.05, 4.69) is 10.6 Å². The molecule has 4 N–H and O–H groups in total. The van der Waals surface area contributed by atoms with Gasteiger partial charge in [0.05, 0.1) is 0 Å². The standard InChI is InChI=1S/C13H19N3O2/c1-10(17)16-12-6-4-5-11(9-12)13(18)15-8-3-2-7-14/h4-6,9H,2-3,7-8,14H2,1H3,(H,15,18)(H,16,17). The van der Waals surface area contributed by atoms with E-state index in [-0.39, 0.29) is 11.8 Å². The lowest BCUT2D eigenvalue weighted by Crippen LogP contribution is -2.25. The molecular formula is C13H19N3O2. The van der Waals surface area contributed by atoms with Crippen LogP contribution in [0.25, 0.3) is 0 Å². The monoisotopic (exact) mass is 249 g/mol. The van der Waals surface area contributed by atoms with Gasteiger partial charge in [0, 0.05) is 24.7 Å². The van der Waals surface area contributed by atoms with E-state index in [0.717, 1.165) is 12.8 Å². The minimum atomic E-state index is -0.157. The molecule has 0 unspecified atom stereocenters. The Balaban J connectivity index is 2.54. The molecule has 5 nitrogen and oxygen atoms in total. The smallest absolute Gasteiger partial charge is 0.251 e. The first-order chi connectivity index (χ1) is 8.63. The summed E-state index contributed by atoms with van der Waals surface area (Å²) in [4.78, 5) is 22.7. The first kappa shape index (κ1) is 14.2. The molecule has 0 heterocycles. The molecule has 1 rings (SSSR count). The van der Waals surface area contributed by atoms with Crippen molar-refractivity contribution in [3.63, 3.8) is 0 Å². The normalized spacial score (nSPS) is 9.89. The van der Waals surface area contributed by atoms with Gasteiger partial charge in [-0.15, -0.1) is 0 Å². The lowest BCUT2D eigenvalue weighted by atomic mass is 10.2. The van der Waals surface area contributed by atoms with Crippen molar-refractivity contribution >= 4 is 17.5 Å². The first-order valence-electron chi connectivity index (χ1n) is 5.99. The fourth-order valence-corrected chi connectivity index (χ4v) is 1.51. The molecule has 0 aromatic heterocycles. The number of hydrogen-bond donors (Lipinski definition) is 3. The highest BCUT2D eigenvalue weighted by atomic mass is 16.2. The van der Waals surface area contributed by atoms with Crippen LogP contribution in [-0.4, -0.2) is 24.9 Å². The van der Waals surface area contributed by atoms with Gasteiger partial charge in [0.1, 0.15) is 0 Å². The molecule has 0 spiro atoms. The highest BCUT2D eigenvalue weighted by molar-refractivity contribution is 5.96.